The quantitative estimate of drug-likeness (QED) is 0.774. The molecule has 0 radical (unpaired) electrons. The number of alkyl halides is 1. The van der Waals surface area contributed by atoms with E-state index in [-0.39, 0.29) is 18.8 Å². The minimum Gasteiger partial charge on any atom is -0.444 e. The number of rotatable bonds is 4. The Bertz CT molecular complexity index is 235. The molecule has 4 nitrogen and oxygen atoms in total. The van der Waals surface area contributed by atoms with Gasteiger partial charge in [0.1, 0.15) is 12.3 Å². The molecule has 1 rings (SSSR count). The van der Waals surface area contributed by atoms with Crippen molar-refractivity contribution in [3.8, 4) is 0 Å². The molecule has 0 atom stereocenters. The van der Waals surface area contributed by atoms with Crippen LogP contribution in [-0.4, -0.2) is 37.0 Å². The molecular weight excluding hydrogens is 211 g/mol. The number of nitrogens with one attached hydrogen (secondary N) is 2. The summed E-state index contributed by atoms with van der Waals surface area (Å²) in [6.45, 7) is 5.54. The zero-order valence-corrected chi connectivity index (χ0v) is 10.2. The molecule has 0 bridgehead atoms. The molecule has 0 aromatic heterocycles. The highest BCUT2D eigenvalue weighted by Crippen LogP contribution is 2.20. The van der Waals surface area contributed by atoms with Crippen molar-refractivity contribution in [2.24, 2.45) is 0 Å². The minimum absolute atomic E-state index is 0.159. The van der Waals surface area contributed by atoms with Gasteiger partial charge in [-0.3, -0.25) is 0 Å². The summed E-state index contributed by atoms with van der Waals surface area (Å²) < 4.78 is 17.0. The average molecular weight is 232 g/mol. The molecule has 2 N–H and O–H groups in total. The maximum Gasteiger partial charge on any atom is 0.407 e. The normalized spacial score (nSPS) is 24.8. The highest BCUT2D eigenvalue weighted by molar-refractivity contribution is 5.68. The van der Waals surface area contributed by atoms with Gasteiger partial charge in [-0.1, -0.05) is 0 Å². The smallest absolute Gasteiger partial charge is 0.407 e. The summed E-state index contributed by atoms with van der Waals surface area (Å²) in [7, 11) is 0. The van der Waals surface area contributed by atoms with E-state index >= 15 is 0 Å². The van der Waals surface area contributed by atoms with E-state index in [0.717, 1.165) is 12.8 Å². The predicted molar refractivity (Wildman–Crippen MR) is 60.2 cm³/mol. The summed E-state index contributed by atoms with van der Waals surface area (Å²) in [6, 6.07) is 0.489. The van der Waals surface area contributed by atoms with E-state index in [0.29, 0.717) is 12.6 Å². The second-order valence-corrected chi connectivity index (χ2v) is 5.15. The first-order chi connectivity index (χ1) is 7.40. The Morgan fingerprint density at radius 3 is 2.50 bits per heavy atom. The summed E-state index contributed by atoms with van der Waals surface area (Å²) >= 11 is 0. The van der Waals surface area contributed by atoms with Gasteiger partial charge in [0.15, 0.2) is 0 Å². The molecule has 0 heterocycles. The molecule has 0 aromatic rings. The lowest BCUT2D eigenvalue weighted by molar-refractivity contribution is 0.0465. The topological polar surface area (TPSA) is 50.4 Å². The van der Waals surface area contributed by atoms with Gasteiger partial charge in [-0.05, 0) is 33.6 Å². The number of halogens is 1. The minimum atomic E-state index is -0.459. The standard InChI is InChI=1S/C11H21FN2O2/c1-11(2,3)16-10(15)14-9-6-8(7-9)13-5-4-12/h8-9,13H,4-7H2,1-3H3,(H,14,15). The lowest BCUT2D eigenvalue weighted by Crippen LogP contribution is -2.53. The van der Waals surface area contributed by atoms with Crippen molar-refractivity contribution in [3.05, 3.63) is 0 Å². The van der Waals surface area contributed by atoms with Crippen LogP contribution < -0.4 is 10.6 Å². The molecule has 0 aliphatic heterocycles. The monoisotopic (exact) mass is 232 g/mol. The van der Waals surface area contributed by atoms with Crippen molar-refractivity contribution in [3.63, 3.8) is 0 Å². The number of ether oxygens (including phenoxy) is 1. The Hall–Kier alpha value is -0.840. The Morgan fingerprint density at radius 2 is 2.00 bits per heavy atom. The maximum atomic E-state index is 11.9. The molecule has 0 unspecified atom stereocenters. The molecule has 16 heavy (non-hydrogen) atoms. The van der Waals surface area contributed by atoms with E-state index < -0.39 is 5.60 Å². The summed E-state index contributed by atoms with van der Waals surface area (Å²) in [6.07, 6.45) is 1.32. The highest BCUT2D eigenvalue weighted by Gasteiger charge is 2.30. The molecule has 1 aliphatic carbocycles. The summed E-state index contributed by atoms with van der Waals surface area (Å²) in [5.74, 6) is 0. The third-order valence-electron chi connectivity index (χ3n) is 2.39. The summed E-state index contributed by atoms with van der Waals surface area (Å²) in [5.41, 5.74) is -0.459. The largest absolute Gasteiger partial charge is 0.444 e. The molecule has 1 aliphatic rings. The fourth-order valence-electron chi connectivity index (χ4n) is 1.64. The lowest BCUT2D eigenvalue weighted by atomic mass is 9.87. The van der Waals surface area contributed by atoms with Crippen LogP contribution in [-0.2, 0) is 4.74 Å². The SMILES string of the molecule is CC(C)(C)OC(=O)NC1CC(NCCF)C1. The van der Waals surface area contributed by atoms with Crippen molar-refractivity contribution in [2.45, 2.75) is 51.3 Å². The van der Waals surface area contributed by atoms with E-state index in [1.165, 1.54) is 0 Å². The summed E-state index contributed by atoms with van der Waals surface area (Å²) in [4.78, 5) is 11.4. The number of hydrogen-bond donors (Lipinski definition) is 2. The van der Waals surface area contributed by atoms with Crippen molar-refractivity contribution in [1.29, 1.82) is 0 Å². The van der Waals surface area contributed by atoms with Crippen molar-refractivity contribution < 1.29 is 13.9 Å². The van der Waals surface area contributed by atoms with Crippen LogP contribution >= 0.6 is 0 Å². The lowest BCUT2D eigenvalue weighted by Gasteiger charge is -2.36. The van der Waals surface area contributed by atoms with Gasteiger partial charge in [0.2, 0.25) is 0 Å². The Kier molecular flexibility index (Phi) is 4.53. The van der Waals surface area contributed by atoms with Crippen LogP contribution in [0.1, 0.15) is 33.6 Å². The summed E-state index contributed by atoms with van der Waals surface area (Å²) in [5, 5.41) is 5.84. The van der Waals surface area contributed by atoms with Gasteiger partial charge < -0.3 is 15.4 Å². The first kappa shape index (κ1) is 13.2. The second-order valence-electron chi connectivity index (χ2n) is 5.15. The average Bonchev–Trinajstić information content (AvgIpc) is 2.05. The molecule has 94 valence electrons. The molecule has 1 saturated carbocycles. The van der Waals surface area contributed by atoms with Gasteiger partial charge in [-0.25, -0.2) is 9.18 Å². The van der Waals surface area contributed by atoms with Crippen LogP contribution in [0.4, 0.5) is 9.18 Å². The van der Waals surface area contributed by atoms with Crippen LogP contribution in [0.2, 0.25) is 0 Å². The van der Waals surface area contributed by atoms with Gasteiger partial charge >= 0.3 is 6.09 Å². The third kappa shape index (κ3) is 4.79. The third-order valence-corrected chi connectivity index (χ3v) is 2.39. The number of carbonyl (C=O) groups is 1. The fraction of sp³-hybridized carbons (Fsp3) is 0.909. The molecule has 0 spiro atoms. The number of alkyl carbamates (subject to hydrolysis) is 1. The zero-order chi connectivity index (χ0) is 12.2. The molecular formula is C11H21FN2O2. The molecule has 1 amide bonds. The van der Waals surface area contributed by atoms with E-state index in [4.69, 9.17) is 4.74 Å². The fourth-order valence-corrected chi connectivity index (χ4v) is 1.64. The molecule has 1 fully saturated rings. The van der Waals surface area contributed by atoms with Crippen LogP contribution in [0.25, 0.3) is 0 Å². The maximum absolute atomic E-state index is 11.9. The van der Waals surface area contributed by atoms with Gasteiger partial charge in [0, 0.05) is 18.6 Å². The van der Waals surface area contributed by atoms with Crippen LogP contribution in [0.5, 0.6) is 0 Å². The van der Waals surface area contributed by atoms with Crippen LogP contribution in [0.3, 0.4) is 0 Å². The Morgan fingerprint density at radius 1 is 1.38 bits per heavy atom. The van der Waals surface area contributed by atoms with Crippen LogP contribution in [0, 0.1) is 0 Å². The zero-order valence-electron chi connectivity index (χ0n) is 10.2. The van der Waals surface area contributed by atoms with E-state index in [2.05, 4.69) is 10.6 Å². The van der Waals surface area contributed by atoms with Gasteiger partial charge in [0.25, 0.3) is 0 Å². The van der Waals surface area contributed by atoms with Crippen LogP contribution in [0.15, 0.2) is 0 Å². The van der Waals surface area contributed by atoms with E-state index in [1.807, 2.05) is 20.8 Å². The van der Waals surface area contributed by atoms with Crippen molar-refractivity contribution in [1.82, 2.24) is 10.6 Å². The molecule has 0 aromatic carbocycles. The first-order valence-corrected chi connectivity index (χ1v) is 5.69. The van der Waals surface area contributed by atoms with Crippen molar-refractivity contribution in [2.75, 3.05) is 13.2 Å². The molecule has 0 saturated heterocycles. The number of carbonyl (C=O) groups excluding carboxylic acids is 1. The van der Waals surface area contributed by atoms with Gasteiger partial charge in [-0.15, -0.1) is 0 Å². The first-order valence-electron chi connectivity index (χ1n) is 5.69. The Labute approximate surface area is 95.9 Å². The van der Waals surface area contributed by atoms with Gasteiger partial charge in [0.05, 0.1) is 0 Å². The highest BCUT2D eigenvalue weighted by atomic mass is 19.1. The van der Waals surface area contributed by atoms with Gasteiger partial charge in [-0.2, -0.15) is 0 Å². The van der Waals surface area contributed by atoms with Crippen molar-refractivity contribution >= 4 is 6.09 Å². The van der Waals surface area contributed by atoms with E-state index in [9.17, 15) is 9.18 Å². The Balaban J connectivity index is 2.10. The number of hydrogen-bond acceptors (Lipinski definition) is 3. The second kappa shape index (κ2) is 5.48. The predicted octanol–water partition coefficient (Wildman–Crippen LogP) is 1.60. The molecule has 5 heteroatoms. The number of amides is 1. The van der Waals surface area contributed by atoms with E-state index in [1.54, 1.807) is 0 Å².